The second-order valence-corrected chi connectivity index (χ2v) is 1.06. The van der Waals surface area contributed by atoms with E-state index in [4.69, 9.17) is 0 Å². The van der Waals surface area contributed by atoms with E-state index in [1.807, 2.05) is 0 Å². The number of hydrogen-bond acceptors (Lipinski definition) is 0. The molecule has 0 nitrogen and oxygen atoms in total. The van der Waals surface area contributed by atoms with E-state index in [0.29, 0.717) is 0 Å². The monoisotopic (exact) mass is 82.0 g/mol. The topological polar surface area (TPSA) is 0 Å². The average Bonchev–Trinajstić information content (AvgIpc) is 1.46. The standard InChI is InChI=1S/C3H6.Ar/c1-2-3-1;/h1-3H2;. The summed E-state index contributed by atoms with van der Waals surface area (Å²) in [6.07, 6.45) is 4.50. The van der Waals surface area contributed by atoms with Crippen molar-refractivity contribution in [1.29, 1.82) is 0 Å². The zero-order valence-electron chi connectivity index (χ0n) is 2.47. The van der Waals surface area contributed by atoms with Gasteiger partial charge in [-0.25, -0.2) is 0 Å². The van der Waals surface area contributed by atoms with Crippen molar-refractivity contribution < 1.29 is 37.7 Å². The molecule has 0 radical (unpaired) electrons. The molecule has 1 aliphatic rings. The van der Waals surface area contributed by atoms with Gasteiger partial charge in [-0.05, 0) is 0 Å². The Morgan fingerprint density at radius 2 is 1.00 bits per heavy atom. The maximum Gasteiger partial charge on any atom is 0 e. The van der Waals surface area contributed by atoms with Crippen LogP contribution in [0.1, 0.15) is 19.3 Å². The van der Waals surface area contributed by atoms with Crippen molar-refractivity contribution in [2.24, 2.45) is 0 Å². The predicted molar refractivity (Wildman–Crippen MR) is 13.9 cm³/mol. The van der Waals surface area contributed by atoms with E-state index in [2.05, 4.69) is 0 Å². The van der Waals surface area contributed by atoms with Gasteiger partial charge in [-0.3, -0.25) is 0 Å². The molecule has 26 valence electrons. The van der Waals surface area contributed by atoms with Crippen LogP contribution in [0, 0.1) is 37.7 Å². The van der Waals surface area contributed by atoms with E-state index in [1.54, 1.807) is 0 Å². The molecule has 0 saturated heterocycles. The first kappa shape index (κ1) is 5.26. The molecular weight excluding hydrogens is 76.0 g/mol. The Morgan fingerprint density at radius 1 is 0.750 bits per heavy atom. The minimum absolute atomic E-state index is 0. The summed E-state index contributed by atoms with van der Waals surface area (Å²) in [4.78, 5) is 0. The summed E-state index contributed by atoms with van der Waals surface area (Å²) in [5.74, 6) is 0. The molecule has 0 N–H and O–H groups in total. The fraction of sp³-hybridized carbons (Fsp3) is 1.00. The fourth-order valence-corrected chi connectivity index (χ4v) is 0. The van der Waals surface area contributed by atoms with Gasteiger partial charge >= 0.3 is 0 Å². The van der Waals surface area contributed by atoms with Crippen molar-refractivity contribution in [2.45, 2.75) is 19.3 Å². The zero-order valence-corrected chi connectivity index (χ0v) is 3.18. The van der Waals surface area contributed by atoms with E-state index in [1.165, 1.54) is 19.3 Å². The van der Waals surface area contributed by atoms with Crippen molar-refractivity contribution in [1.82, 2.24) is 0 Å². The van der Waals surface area contributed by atoms with E-state index in [-0.39, 0.29) is 37.7 Å². The summed E-state index contributed by atoms with van der Waals surface area (Å²) in [7, 11) is 0. The first-order valence-electron chi connectivity index (χ1n) is 1.50. The van der Waals surface area contributed by atoms with Crippen molar-refractivity contribution in [3.05, 3.63) is 0 Å². The van der Waals surface area contributed by atoms with Crippen LogP contribution in [0.3, 0.4) is 0 Å². The Balaban J connectivity index is 0.0000000900. The first-order chi connectivity index (χ1) is 1.50. The zero-order chi connectivity index (χ0) is 2.12. The maximum atomic E-state index is 1.50. The second-order valence-electron chi connectivity index (χ2n) is 1.06. The van der Waals surface area contributed by atoms with Crippen LogP contribution in [0.15, 0.2) is 0 Å². The van der Waals surface area contributed by atoms with Crippen LogP contribution in [0.2, 0.25) is 0 Å². The molecule has 0 unspecified atom stereocenters. The Hall–Kier alpha value is 1.26. The molecule has 0 aromatic heterocycles. The Kier molecular flexibility index (Phi) is 3.28. The van der Waals surface area contributed by atoms with E-state index >= 15 is 0 Å². The second kappa shape index (κ2) is 2.49. The van der Waals surface area contributed by atoms with Crippen LogP contribution in [0.25, 0.3) is 0 Å². The summed E-state index contributed by atoms with van der Waals surface area (Å²) < 4.78 is 0. The Bertz CT molecular complexity index is 8.00. The van der Waals surface area contributed by atoms with E-state index < -0.39 is 0 Å². The third-order valence-corrected chi connectivity index (χ3v) is 0.354. The molecule has 0 aromatic carbocycles. The SMILES string of the molecule is C1CC1.[Ar]. The van der Waals surface area contributed by atoms with Gasteiger partial charge in [0.05, 0.1) is 0 Å². The van der Waals surface area contributed by atoms with Crippen LogP contribution in [-0.4, -0.2) is 0 Å². The molecule has 1 aliphatic carbocycles. The molecule has 1 fully saturated rings. The molecule has 1 rings (SSSR count). The summed E-state index contributed by atoms with van der Waals surface area (Å²) >= 11 is 0. The van der Waals surface area contributed by atoms with Gasteiger partial charge in [0.1, 0.15) is 0 Å². The average molecular weight is 82.0 g/mol. The number of rotatable bonds is 0. The summed E-state index contributed by atoms with van der Waals surface area (Å²) in [6, 6.07) is 0. The molecule has 4 heavy (non-hydrogen) atoms. The molecule has 0 bridgehead atoms. The third-order valence-electron chi connectivity index (χ3n) is 0.354. The predicted octanol–water partition coefficient (Wildman–Crippen LogP) is 1.17. The van der Waals surface area contributed by atoms with Gasteiger partial charge in [0, 0.05) is 37.7 Å². The molecule has 0 spiro atoms. The molecule has 1 saturated carbocycles. The quantitative estimate of drug-likeness (QED) is 0.411. The summed E-state index contributed by atoms with van der Waals surface area (Å²) in [5.41, 5.74) is 0. The molecule has 0 heterocycles. The summed E-state index contributed by atoms with van der Waals surface area (Å²) in [5, 5.41) is 0. The minimum atomic E-state index is 0. The van der Waals surface area contributed by atoms with Crippen LogP contribution < -0.4 is 0 Å². The number of hydrogen-bond donors (Lipinski definition) is 0. The minimum Gasteiger partial charge on any atom is -0.0533 e. The van der Waals surface area contributed by atoms with Crippen LogP contribution in [0.5, 0.6) is 0 Å². The van der Waals surface area contributed by atoms with Gasteiger partial charge < -0.3 is 0 Å². The first-order valence-corrected chi connectivity index (χ1v) is 1.50. The molecule has 0 aliphatic heterocycles. The maximum absolute atomic E-state index is 1.50. The van der Waals surface area contributed by atoms with Crippen LogP contribution in [-0.2, 0) is 0 Å². The van der Waals surface area contributed by atoms with Crippen molar-refractivity contribution >= 4 is 0 Å². The van der Waals surface area contributed by atoms with Gasteiger partial charge in [-0.2, -0.15) is 0 Å². The van der Waals surface area contributed by atoms with Crippen molar-refractivity contribution in [3.63, 3.8) is 0 Å². The van der Waals surface area contributed by atoms with Gasteiger partial charge in [-0.1, -0.05) is 19.3 Å². The molecule has 1 heteroatoms. The van der Waals surface area contributed by atoms with Crippen LogP contribution in [0.4, 0.5) is 0 Å². The normalized spacial score (nSPS) is 18.0. The van der Waals surface area contributed by atoms with Gasteiger partial charge in [0.2, 0.25) is 0 Å². The third kappa shape index (κ3) is 3.26. The van der Waals surface area contributed by atoms with Gasteiger partial charge in [0.25, 0.3) is 0 Å². The van der Waals surface area contributed by atoms with Crippen molar-refractivity contribution in [2.75, 3.05) is 0 Å². The largest absolute Gasteiger partial charge is 0.0533 e. The molecule has 0 aromatic rings. The molecular formula is C3H6Ar. The summed E-state index contributed by atoms with van der Waals surface area (Å²) in [6.45, 7) is 0. The smallest absolute Gasteiger partial charge is 0 e. The molecule has 0 amide bonds. The van der Waals surface area contributed by atoms with E-state index in [0.717, 1.165) is 0 Å². The van der Waals surface area contributed by atoms with Gasteiger partial charge in [0.15, 0.2) is 0 Å². The van der Waals surface area contributed by atoms with Crippen LogP contribution >= 0.6 is 0 Å². The fourth-order valence-electron chi connectivity index (χ4n) is 0. The Morgan fingerprint density at radius 3 is 1.00 bits per heavy atom. The molecule has 0 atom stereocenters. The van der Waals surface area contributed by atoms with Crippen molar-refractivity contribution in [3.8, 4) is 0 Å². The Labute approximate surface area is 56.6 Å². The van der Waals surface area contributed by atoms with E-state index in [9.17, 15) is 0 Å². The van der Waals surface area contributed by atoms with Gasteiger partial charge in [-0.15, -0.1) is 0 Å².